The van der Waals surface area contributed by atoms with Gasteiger partial charge in [-0.15, -0.1) is 22.7 Å². The first-order valence-electron chi connectivity index (χ1n) is 8.40. The Morgan fingerprint density at radius 1 is 1.26 bits per heavy atom. The van der Waals surface area contributed by atoms with Gasteiger partial charge in [0.1, 0.15) is 15.6 Å². The average molecular weight is 420 g/mol. The Balaban J connectivity index is 1.48. The molecule has 0 atom stereocenters. The number of nitrogen functional groups attached to an aromatic ring is 1. The molecule has 10 heteroatoms. The topological polar surface area (TPSA) is 124 Å². The first kappa shape index (κ1) is 18.2. The molecular formula is C17H17N5O2S3. The highest BCUT2D eigenvalue weighted by molar-refractivity contribution is 7.99. The summed E-state index contributed by atoms with van der Waals surface area (Å²) in [7, 11) is 0. The van der Waals surface area contributed by atoms with Gasteiger partial charge in [-0.25, -0.2) is 9.97 Å². The molecule has 1 aliphatic rings. The summed E-state index contributed by atoms with van der Waals surface area (Å²) in [5.74, 6) is -0.219. The van der Waals surface area contributed by atoms with Gasteiger partial charge in [-0.3, -0.25) is 9.59 Å². The number of anilines is 2. The number of hydrogen-bond acceptors (Lipinski definition) is 8. The van der Waals surface area contributed by atoms with Crippen molar-refractivity contribution in [3.63, 3.8) is 0 Å². The van der Waals surface area contributed by atoms with Gasteiger partial charge in [0.25, 0.3) is 5.91 Å². The molecule has 3 aromatic heterocycles. The monoisotopic (exact) mass is 419 g/mol. The fourth-order valence-corrected chi connectivity index (χ4v) is 5.91. The van der Waals surface area contributed by atoms with Crippen LogP contribution in [0.2, 0.25) is 0 Å². The predicted octanol–water partition coefficient (Wildman–Crippen LogP) is 3.04. The Kier molecular flexibility index (Phi) is 5.02. The Hall–Kier alpha value is -2.17. The number of primary amides is 1. The molecular weight excluding hydrogens is 402 g/mol. The summed E-state index contributed by atoms with van der Waals surface area (Å²) in [6.45, 7) is 0. The van der Waals surface area contributed by atoms with Gasteiger partial charge in [0, 0.05) is 4.88 Å². The van der Waals surface area contributed by atoms with Crippen LogP contribution in [-0.4, -0.2) is 27.5 Å². The van der Waals surface area contributed by atoms with Crippen LogP contribution in [0.4, 0.5) is 10.8 Å². The highest BCUT2D eigenvalue weighted by Gasteiger charge is 2.20. The lowest BCUT2D eigenvalue weighted by Crippen LogP contribution is -2.17. The van der Waals surface area contributed by atoms with E-state index in [1.165, 1.54) is 46.4 Å². The van der Waals surface area contributed by atoms with Gasteiger partial charge in [-0.1, -0.05) is 11.8 Å². The average Bonchev–Trinajstić information content (AvgIpc) is 3.24. The third-order valence-corrected chi connectivity index (χ3v) is 7.20. The molecule has 4 rings (SSSR count). The van der Waals surface area contributed by atoms with E-state index in [1.54, 1.807) is 22.8 Å². The molecule has 5 N–H and O–H groups in total. The van der Waals surface area contributed by atoms with Crippen molar-refractivity contribution in [1.82, 2.24) is 9.97 Å². The number of aromatic nitrogens is 2. The Morgan fingerprint density at radius 2 is 2.07 bits per heavy atom. The van der Waals surface area contributed by atoms with Gasteiger partial charge in [0.2, 0.25) is 5.91 Å². The fourth-order valence-electron chi connectivity index (χ4n) is 3.12. The van der Waals surface area contributed by atoms with Crippen LogP contribution < -0.4 is 16.8 Å². The smallest absolute Gasteiger partial charge is 0.251 e. The molecule has 0 bridgehead atoms. The standard InChI is InChI=1S/C17H17N5O2S3/c18-13-12-8-3-1-2-4-10(8)27-16(12)22-17(21-13)26-7-11(23)20-15-9(14(19)24)5-6-25-15/h5-6H,1-4,7H2,(H2,19,24)(H,20,23)(H2,18,21,22). The number of nitrogens with one attached hydrogen (secondary N) is 1. The van der Waals surface area contributed by atoms with Gasteiger partial charge in [0.15, 0.2) is 5.16 Å². The van der Waals surface area contributed by atoms with Crippen molar-refractivity contribution in [3.8, 4) is 0 Å². The lowest BCUT2D eigenvalue weighted by molar-refractivity contribution is -0.113. The predicted molar refractivity (Wildman–Crippen MR) is 111 cm³/mol. The molecule has 27 heavy (non-hydrogen) atoms. The number of nitrogens with two attached hydrogens (primary N) is 2. The van der Waals surface area contributed by atoms with E-state index in [9.17, 15) is 9.59 Å². The van der Waals surface area contributed by atoms with E-state index in [2.05, 4.69) is 15.3 Å². The number of carbonyl (C=O) groups is 2. The second-order valence-electron chi connectivity index (χ2n) is 6.15. The zero-order valence-electron chi connectivity index (χ0n) is 14.3. The number of rotatable bonds is 5. The Morgan fingerprint density at radius 3 is 2.89 bits per heavy atom. The van der Waals surface area contributed by atoms with Gasteiger partial charge in [-0.05, 0) is 42.7 Å². The molecule has 2 amide bonds. The van der Waals surface area contributed by atoms with Crippen LogP contribution in [0.3, 0.4) is 0 Å². The quantitative estimate of drug-likeness (QED) is 0.431. The second-order valence-corrected chi connectivity index (χ2v) is 9.09. The molecule has 3 heterocycles. The number of thiophene rings is 2. The largest absolute Gasteiger partial charge is 0.383 e. The maximum atomic E-state index is 12.2. The van der Waals surface area contributed by atoms with Crippen molar-refractivity contribution in [2.75, 3.05) is 16.8 Å². The van der Waals surface area contributed by atoms with Gasteiger partial charge < -0.3 is 16.8 Å². The number of hydrogen-bond donors (Lipinski definition) is 3. The van der Waals surface area contributed by atoms with Crippen LogP contribution >= 0.6 is 34.4 Å². The lowest BCUT2D eigenvalue weighted by Gasteiger charge is -2.10. The van der Waals surface area contributed by atoms with Crippen molar-refractivity contribution in [3.05, 3.63) is 27.5 Å². The molecule has 0 saturated carbocycles. The molecule has 0 saturated heterocycles. The number of carbonyl (C=O) groups excluding carboxylic acids is 2. The highest BCUT2D eigenvalue weighted by atomic mass is 32.2. The maximum absolute atomic E-state index is 12.2. The molecule has 1 aliphatic carbocycles. The minimum Gasteiger partial charge on any atom is -0.383 e. The van der Waals surface area contributed by atoms with Gasteiger partial charge >= 0.3 is 0 Å². The van der Waals surface area contributed by atoms with E-state index < -0.39 is 5.91 Å². The number of nitrogens with zero attached hydrogens (tertiary/aromatic N) is 2. The van der Waals surface area contributed by atoms with E-state index in [1.807, 2.05) is 0 Å². The number of fused-ring (bicyclic) bond motifs is 3. The number of aryl methyl sites for hydroxylation is 2. The molecule has 0 fully saturated rings. The molecule has 0 unspecified atom stereocenters. The Labute approximate surface area is 167 Å². The molecule has 7 nitrogen and oxygen atoms in total. The van der Waals surface area contributed by atoms with Crippen molar-refractivity contribution in [2.45, 2.75) is 30.8 Å². The summed E-state index contributed by atoms with van der Waals surface area (Å²) < 4.78 is 0. The molecule has 0 aliphatic heterocycles. The van der Waals surface area contributed by atoms with E-state index in [4.69, 9.17) is 11.5 Å². The van der Waals surface area contributed by atoms with E-state index in [-0.39, 0.29) is 11.7 Å². The van der Waals surface area contributed by atoms with E-state index >= 15 is 0 Å². The SMILES string of the molecule is NC(=O)c1ccsc1NC(=O)CSc1nc(N)c2c3c(sc2n1)CCCC3. The van der Waals surface area contributed by atoms with Crippen LogP contribution in [0.5, 0.6) is 0 Å². The van der Waals surface area contributed by atoms with Crippen LogP contribution in [0.1, 0.15) is 33.6 Å². The first-order chi connectivity index (χ1) is 13.0. The van der Waals surface area contributed by atoms with Crippen LogP contribution in [0, 0.1) is 0 Å². The second kappa shape index (κ2) is 7.45. The van der Waals surface area contributed by atoms with E-state index in [0.717, 1.165) is 23.1 Å². The maximum Gasteiger partial charge on any atom is 0.251 e. The van der Waals surface area contributed by atoms with Gasteiger partial charge in [-0.2, -0.15) is 0 Å². The first-order valence-corrected chi connectivity index (χ1v) is 11.1. The summed E-state index contributed by atoms with van der Waals surface area (Å²) in [6, 6.07) is 1.59. The molecule has 0 spiro atoms. The lowest BCUT2D eigenvalue weighted by atomic mass is 9.97. The van der Waals surface area contributed by atoms with Crippen LogP contribution in [0.15, 0.2) is 16.6 Å². The van der Waals surface area contributed by atoms with Crippen molar-refractivity contribution in [2.24, 2.45) is 5.73 Å². The van der Waals surface area contributed by atoms with Crippen molar-refractivity contribution < 1.29 is 9.59 Å². The fraction of sp³-hybridized carbons (Fsp3) is 0.294. The van der Waals surface area contributed by atoms with Crippen molar-refractivity contribution >= 4 is 67.3 Å². The number of amides is 2. The summed E-state index contributed by atoms with van der Waals surface area (Å²) in [4.78, 5) is 34.8. The summed E-state index contributed by atoms with van der Waals surface area (Å²) in [5, 5.41) is 6.33. The Bertz CT molecular complexity index is 1040. The minimum atomic E-state index is -0.567. The van der Waals surface area contributed by atoms with Crippen LogP contribution in [-0.2, 0) is 17.6 Å². The molecule has 3 aromatic rings. The molecule has 140 valence electrons. The summed E-state index contributed by atoms with van der Waals surface area (Å²) >= 11 is 4.15. The normalized spacial score (nSPS) is 13.5. The van der Waals surface area contributed by atoms with Crippen LogP contribution in [0.25, 0.3) is 10.2 Å². The summed E-state index contributed by atoms with van der Waals surface area (Å²) in [6.07, 6.45) is 4.47. The van der Waals surface area contributed by atoms with E-state index in [0.29, 0.717) is 21.5 Å². The minimum absolute atomic E-state index is 0.117. The summed E-state index contributed by atoms with van der Waals surface area (Å²) in [5.41, 5.74) is 13.1. The molecule has 0 aromatic carbocycles. The van der Waals surface area contributed by atoms with Crippen molar-refractivity contribution in [1.29, 1.82) is 0 Å². The third-order valence-electron chi connectivity index (χ3n) is 4.34. The highest BCUT2D eigenvalue weighted by Crippen LogP contribution is 2.38. The van der Waals surface area contributed by atoms with Gasteiger partial charge in [0.05, 0.1) is 16.7 Å². The molecule has 0 radical (unpaired) electrons. The third kappa shape index (κ3) is 3.64. The number of thioether (sulfide) groups is 1. The zero-order valence-corrected chi connectivity index (χ0v) is 16.7. The zero-order chi connectivity index (χ0) is 19.0.